The van der Waals surface area contributed by atoms with Crippen molar-refractivity contribution in [3.8, 4) is 0 Å². The fourth-order valence-corrected chi connectivity index (χ4v) is 3.50. The summed E-state index contributed by atoms with van der Waals surface area (Å²) in [6.45, 7) is 1.48. The van der Waals surface area contributed by atoms with E-state index in [9.17, 15) is 34.6 Å². The van der Waals surface area contributed by atoms with Gasteiger partial charge in [-0.3, -0.25) is 29.8 Å². The van der Waals surface area contributed by atoms with Crippen molar-refractivity contribution in [1.82, 2.24) is 0 Å². The van der Waals surface area contributed by atoms with E-state index in [1.165, 1.54) is 54.6 Å². The predicted molar refractivity (Wildman–Crippen MR) is 118 cm³/mol. The lowest BCUT2D eigenvalue weighted by molar-refractivity contribution is -0.384. The molecule has 170 valence electrons. The molecule has 3 aromatic rings. The standard InChI is InChI=1S/C23H15N3O8/c1-13-2-9-19(20(10-13)26(32)33)24-21(27)17-8-5-15(11-18(17)22(24)28)23(29)34-12-14-3-6-16(7-4-14)25(30)31/h2-11H,12H2,1H3. The van der Waals surface area contributed by atoms with Crippen LogP contribution in [0.2, 0.25) is 0 Å². The highest BCUT2D eigenvalue weighted by molar-refractivity contribution is 6.35. The molecule has 0 bridgehead atoms. The molecule has 4 rings (SSSR count). The van der Waals surface area contributed by atoms with Gasteiger partial charge in [-0.25, -0.2) is 9.69 Å². The summed E-state index contributed by atoms with van der Waals surface area (Å²) in [7, 11) is 0. The smallest absolute Gasteiger partial charge is 0.338 e. The zero-order chi connectivity index (χ0) is 24.6. The molecule has 11 nitrogen and oxygen atoms in total. The summed E-state index contributed by atoms with van der Waals surface area (Å²) in [6, 6.07) is 13.4. The van der Waals surface area contributed by atoms with Crippen LogP contribution in [0, 0.1) is 27.2 Å². The van der Waals surface area contributed by atoms with Gasteiger partial charge in [0.25, 0.3) is 23.2 Å². The van der Waals surface area contributed by atoms with Crippen molar-refractivity contribution in [3.63, 3.8) is 0 Å². The Hall–Kier alpha value is -4.93. The number of anilines is 1. The van der Waals surface area contributed by atoms with E-state index in [-0.39, 0.29) is 34.7 Å². The van der Waals surface area contributed by atoms with Crippen LogP contribution in [0.25, 0.3) is 0 Å². The zero-order valence-corrected chi connectivity index (χ0v) is 17.6. The normalized spacial score (nSPS) is 12.4. The highest BCUT2D eigenvalue weighted by Gasteiger charge is 2.40. The molecule has 34 heavy (non-hydrogen) atoms. The summed E-state index contributed by atoms with van der Waals surface area (Å²) < 4.78 is 5.20. The lowest BCUT2D eigenvalue weighted by atomic mass is 10.1. The minimum Gasteiger partial charge on any atom is -0.457 e. The summed E-state index contributed by atoms with van der Waals surface area (Å²) in [4.78, 5) is 60.0. The average molecular weight is 461 g/mol. The number of non-ortho nitro benzene ring substituents is 1. The van der Waals surface area contributed by atoms with Crippen LogP contribution in [0.3, 0.4) is 0 Å². The van der Waals surface area contributed by atoms with Gasteiger partial charge in [-0.15, -0.1) is 0 Å². The Kier molecular flexibility index (Phi) is 5.60. The predicted octanol–water partition coefficient (Wildman–Crippen LogP) is 3.97. The number of rotatable bonds is 6. The number of nitrogens with zero attached hydrogens (tertiary/aromatic N) is 3. The van der Waals surface area contributed by atoms with Crippen LogP contribution in [-0.4, -0.2) is 27.6 Å². The molecule has 0 aromatic heterocycles. The fraction of sp³-hybridized carbons (Fsp3) is 0.0870. The van der Waals surface area contributed by atoms with Crippen LogP contribution < -0.4 is 4.90 Å². The van der Waals surface area contributed by atoms with E-state index in [1.54, 1.807) is 13.0 Å². The van der Waals surface area contributed by atoms with Crippen molar-refractivity contribution >= 4 is 34.8 Å². The second kappa shape index (κ2) is 8.54. The second-order valence-electron chi connectivity index (χ2n) is 7.46. The maximum Gasteiger partial charge on any atom is 0.338 e. The molecule has 0 saturated heterocycles. The van der Waals surface area contributed by atoms with Gasteiger partial charge >= 0.3 is 5.97 Å². The first-order chi connectivity index (χ1) is 16.2. The molecule has 0 unspecified atom stereocenters. The topological polar surface area (TPSA) is 150 Å². The Balaban J connectivity index is 1.56. The molecule has 0 aliphatic carbocycles. The Morgan fingerprint density at radius 1 is 0.882 bits per heavy atom. The van der Waals surface area contributed by atoms with Gasteiger partial charge in [-0.05, 0) is 54.4 Å². The first kappa shape index (κ1) is 22.3. The molecule has 1 aliphatic heterocycles. The molecule has 3 aromatic carbocycles. The number of imide groups is 1. The number of hydrogen-bond acceptors (Lipinski definition) is 8. The summed E-state index contributed by atoms with van der Waals surface area (Å²) in [5.41, 5.74) is 0.379. The summed E-state index contributed by atoms with van der Waals surface area (Å²) in [5, 5.41) is 22.2. The number of carbonyl (C=O) groups is 3. The molecule has 1 heterocycles. The number of amides is 2. The van der Waals surface area contributed by atoms with Gasteiger partial charge in [-0.1, -0.05) is 6.07 Å². The summed E-state index contributed by atoms with van der Waals surface area (Å²) in [5.74, 6) is -2.31. The van der Waals surface area contributed by atoms with Crippen LogP contribution in [0.4, 0.5) is 17.1 Å². The van der Waals surface area contributed by atoms with E-state index in [1.807, 2.05) is 0 Å². The van der Waals surface area contributed by atoms with Gasteiger partial charge in [0.15, 0.2) is 0 Å². The number of carbonyl (C=O) groups excluding carboxylic acids is 3. The first-order valence-corrected chi connectivity index (χ1v) is 9.85. The maximum atomic E-state index is 13.0. The number of aryl methyl sites for hydroxylation is 1. The monoisotopic (exact) mass is 461 g/mol. The average Bonchev–Trinajstić information content (AvgIpc) is 3.07. The maximum absolute atomic E-state index is 13.0. The van der Waals surface area contributed by atoms with Crippen molar-refractivity contribution in [2.45, 2.75) is 13.5 Å². The fourth-order valence-electron chi connectivity index (χ4n) is 3.50. The number of nitro groups is 2. The third-order valence-corrected chi connectivity index (χ3v) is 5.21. The lowest BCUT2D eigenvalue weighted by Crippen LogP contribution is -2.30. The third-order valence-electron chi connectivity index (χ3n) is 5.21. The SMILES string of the molecule is Cc1ccc(N2C(=O)c3ccc(C(=O)OCc4ccc([N+](=O)[O-])cc4)cc3C2=O)c([N+](=O)[O-])c1. The Labute approximate surface area is 191 Å². The molecule has 0 fully saturated rings. The van der Waals surface area contributed by atoms with Crippen LogP contribution in [0.15, 0.2) is 60.7 Å². The molecule has 11 heteroatoms. The largest absolute Gasteiger partial charge is 0.457 e. The second-order valence-corrected chi connectivity index (χ2v) is 7.46. The number of esters is 1. The third kappa shape index (κ3) is 3.97. The molecule has 0 N–H and O–H groups in total. The minimum atomic E-state index is -0.794. The van der Waals surface area contributed by atoms with Gasteiger partial charge in [-0.2, -0.15) is 0 Å². The molecular weight excluding hydrogens is 446 g/mol. The van der Waals surface area contributed by atoms with E-state index in [0.29, 0.717) is 16.0 Å². The van der Waals surface area contributed by atoms with Gasteiger partial charge in [0.2, 0.25) is 0 Å². The lowest BCUT2D eigenvalue weighted by Gasteiger charge is -2.14. The van der Waals surface area contributed by atoms with Crippen LogP contribution in [-0.2, 0) is 11.3 Å². The molecule has 0 spiro atoms. The minimum absolute atomic E-state index is 0.00191. The van der Waals surface area contributed by atoms with E-state index < -0.39 is 33.3 Å². The highest BCUT2D eigenvalue weighted by Crippen LogP contribution is 2.35. The van der Waals surface area contributed by atoms with E-state index >= 15 is 0 Å². The van der Waals surface area contributed by atoms with E-state index in [0.717, 1.165) is 0 Å². The van der Waals surface area contributed by atoms with Crippen LogP contribution in [0.5, 0.6) is 0 Å². The number of fused-ring (bicyclic) bond motifs is 1. The van der Waals surface area contributed by atoms with Crippen molar-refractivity contribution in [2.75, 3.05) is 4.90 Å². The van der Waals surface area contributed by atoms with Crippen molar-refractivity contribution in [3.05, 3.63) is 109 Å². The van der Waals surface area contributed by atoms with Gasteiger partial charge in [0.1, 0.15) is 12.3 Å². The molecule has 1 aliphatic rings. The molecule has 0 radical (unpaired) electrons. The first-order valence-electron chi connectivity index (χ1n) is 9.85. The van der Waals surface area contributed by atoms with Gasteiger partial charge in [0.05, 0.1) is 26.5 Å². The number of ether oxygens (including phenoxy) is 1. The van der Waals surface area contributed by atoms with Crippen molar-refractivity contribution in [2.24, 2.45) is 0 Å². The zero-order valence-electron chi connectivity index (χ0n) is 17.6. The van der Waals surface area contributed by atoms with Gasteiger partial charge in [0, 0.05) is 18.2 Å². The van der Waals surface area contributed by atoms with Crippen LogP contribution in [0.1, 0.15) is 42.2 Å². The number of hydrogen-bond donors (Lipinski definition) is 0. The summed E-state index contributed by atoms with van der Waals surface area (Å²) >= 11 is 0. The molecule has 0 saturated carbocycles. The number of benzene rings is 3. The van der Waals surface area contributed by atoms with E-state index in [4.69, 9.17) is 4.74 Å². The van der Waals surface area contributed by atoms with Crippen molar-refractivity contribution < 1.29 is 29.0 Å². The number of nitro benzene ring substituents is 2. The Morgan fingerprint density at radius 3 is 2.21 bits per heavy atom. The quantitative estimate of drug-likeness (QED) is 0.232. The Bertz CT molecular complexity index is 1380. The Morgan fingerprint density at radius 2 is 1.56 bits per heavy atom. The van der Waals surface area contributed by atoms with Gasteiger partial charge < -0.3 is 4.74 Å². The molecule has 0 atom stereocenters. The molecule has 2 amide bonds. The van der Waals surface area contributed by atoms with Crippen molar-refractivity contribution in [1.29, 1.82) is 0 Å². The van der Waals surface area contributed by atoms with E-state index in [2.05, 4.69) is 0 Å². The van der Waals surface area contributed by atoms with Crippen LogP contribution >= 0.6 is 0 Å². The highest BCUT2D eigenvalue weighted by atomic mass is 16.6. The summed E-state index contributed by atoms with van der Waals surface area (Å²) in [6.07, 6.45) is 0. The molecular formula is C23H15N3O8.